The minimum atomic E-state index is 0.101. The molecule has 2 aromatic rings. The van der Waals surface area contributed by atoms with Gasteiger partial charge in [0.2, 0.25) is 5.91 Å². The van der Waals surface area contributed by atoms with Gasteiger partial charge < -0.3 is 4.90 Å². The number of carbonyl (C=O) groups is 1. The molecule has 3 rings (SSSR count). The molecule has 1 aliphatic heterocycles. The molecule has 2 atom stereocenters. The normalized spacial score (nSPS) is 19.3. The Kier molecular flexibility index (Phi) is 4.46. The number of nitrogens with zero attached hydrogens (tertiary/aromatic N) is 5. The van der Waals surface area contributed by atoms with Crippen LogP contribution in [-0.2, 0) is 11.3 Å². The van der Waals surface area contributed by atoms with Crippen LogP contribution in [0.5, 0.6) is 0 Å². The van der Waals surface area contributed by atoms with Crippen LogP contribution in [0.25, 0.3) is 0 Å². The number of aromatic nitrogens is 4. The van der Waals surface area contributed by atoms with Gasteiger partial charge in [-0.15, -0.1) is 5.10 Å². The fourth-order valence-electron chi connectivity index (χ4n) is 3.43. The van der Waals surface area contributed by atoms with Gasteiger partial charge >= 0.3 is 0 Å². The Bertz CT molecular complexity index is 598. The van der Waals surface area contributed by atoms with E-state index in [2.05, 4.69) is 46.7 Å². The van der Waals surface area contributed by atoms with Gasteiger partial charge in [-0.25, -0.2) is 4.68 Å². The molecule has 1 saturated heterocycles. The first-order chi connectivity index (χ1) is 10.8. The zero-order valence-corrected chi connectivity index (χ0v) is 12.8. The van der Waals surface area contributed by atoms with Gasteiger partial charge in [0, 0.05) is 18.5 Å². The van der Waals surface area contributed by atoms with Gasteiger partial charge in [0.25, 0.3) is 0 Å². The molecule has 1 amide bonds. The summed E-state index contributed by atoms with van der Waals surface area (Å²) >= 11 is 0. The lowest BCUT2D eigenvalue weighted by molar-refractivity contribution is -0.133. The maximum absolute atomic E-state index is 12.6. The summed E-state index contributed by atoms with van der Waals surface area (Å²) in [6.07, 6.45) is 4.64. The van der Waals surface area contributed by atoms with Crippen molar-refractivity contribution in [3.63, 3.8) is 0 Å². The third-order valence-corrected chi connectivity index (χ3v) is 4.44. The molecule has 0 saturated carbocycles. The monoisotopic (exact) mass is 299 g/mol. The summed E-state index contributed by atoms with van der Waals surface area (Å²) in [5.74, 6) is 0.491. The third kappa shape index (κ3) is 3.00. The molecule has 1 fully saturated rings. The standard InChI is InChI=1S/C16H21N5O/c1-2-14(13-7-4-3-5-8-13)15-9-6-10-21(15)16(22)11-20-12-17-18-19-20/h3-5,7-8,12,14-15H,2,6,9-11H2,1H3/t14-,15+/m0/s1. The Labute approximate surface area is 130 Å². The molecule has 2 heterocycles. The first-order valence-electron chi connectivity index (χ1n) is 7.84. The van der Waals surface area contributed by atoms with E-state index >= 15 is 0 Å². The van der Waals surface area contributed by atoms with E-state index in [1.165, 1.54) is 16.6 Å². The van der Waals surface area contributed by atoms with Crippen LogP contribution in [0.3, 0.4) is 0 Å². The van der Waals surface area contributed by atoms with Gasteiger partial charge in [-0.05, 0) is 35.3 Å². The molecule has 6 heteroatoms. The molecule has 6 nitrogen and oxygen atoms in total. The van der Waals surface area contributed by atoms with Gasteiger partial charge in [0.05, 0.1) is 0 Å². The molecule has 22 heavy (non-hydrogen) atoms. The third-order valence-electron chi connectivity index (χ3n) is 4.44. The molecule has 0 N–H and O–H groups in total. The fraction of sp³-hybridized carbons (Fsp3) is 0.500. The van der Waals surface area contributed by atoms with Crippen LogP contribution in [-0.4, -0.2) is 43.6 Å². The predicted octanol–water partition coefficient (Wildman–Crippen LogP) is 1.86. The SMILES string of the molecule is CC[C@@H](c1ccccc1)[C@H]1CCCN1C(=O)Cn1cnnn1. The van der Waals surface area contributed by atoms with E-state index in [1.54, 1.807) is 0 Å². The number of benzene rings is 1. The Morgan fingerprint density at radius 1 is 1.36 bits per heavy atom. The Morgan fingerprint density at radius 2 is 2.18 bits per heavy atom. The zero-order chi connectivity index (χ0) is 15.4. The highest BCUT2D eigenvalue weighted by Gasteiger charge is 2.34. The Balaban J connectivity index is 1.75. The lowest BCUT2D eigenvalue weighted by Gasteiger charge is -2.31. The number of hydrogen-bond acceptors (Lipinski definition) is 4. The van der Waals surface area contributed by atoms with E-state index < -0.39 is 0 Å². The first-order valence-corrected chi connectivity index (χ1v) is 7.84. The summed E-state index contributed by atoms with van der Waals surface area (Å²) in [5, 5.41) is 10.9. The van der Waals surface area contributed by atoms with E-state index in [9.17, 15) is 4.79 Å². The van der Waals surface area contributed by atoms with Crippen molar-refractivity contribution in [2.45, 2.75) is 44.7 Å². The number of rotatable bonds is 5. The summed E-state index contributed by atoms with van der Waals surface area (Å²) in [6.45, 7) is 3.24. The van der Waals surface area contributed by atoms with E-state index in [1.807, 2.05) is 11.0 Å². The number of hydrogen-bond donors (Lipinski definition) is 0. The minimum Gasteiger partial charge on any atom is -0.337 e. The van der Waals surface area contributed by atoms with Crippen molar-refractivity contribution in [2.24, 2.45) is 0 Å². The van der Waals surface area contributed by atoms with Crippen molar-refractivity contribution >= 4 is 5.91 Å². The van der Waals surface area contributed by atoms with Crippen molar-refractivity contribution < 1.29 is 4.79 Å². The summed E-state index contributed by atoms with van der Waals surface area (Å²) in [5.41, 5.74) is 1.32. The lowest BCUT2D eigenvalue weighted by atomic mass is 9.87. The Morgan fingerprint density at radius 3 is 2.86 bits per heavy atom. The fourth-order valence-corrected chi connectivity index (χ4v) is 3.43. The molecule has 0 radical (unpaired) electrons. The van der Waals surface area contributed by atoms with Crippen LogP contribution in [0.15, 0.2) is 36.7 Å². The second-order valence-electron chi connectivity index (χ2n) is 5.73. The van der Waals surface area contributed by atoms with Crippen molar-refractivity contribution in [3.8, 4) is 0 Å². The quantitative estimate of drug-likeness (QED) is 0.845. The van der Waals surface area contributed by atoms with Gasteiger partial charge in [0.1, 0.15) is 12.9 Å². The Hall–Kier alpha value is -2.24. The van der Waals surface area contributed by atoms with E-state index in [-0.39, 0.29) is 18.5 Å². The molecule has 0 aliphatic carbocycles. The summed E-state index contributed by atoms with van der Waals surface area (Å²) in [7, 11) is 0. The van der Waals surface area contributed by atoms with Gasteiger partial charge in [-0.2, -0.15) is 0 Å². The molecule has 0 spiro atoms. The summed E-state index contributed by atoms with van der Waals surface area (Å²) < 4.78 is 1.49. The predicted molar refractivity (Wildman–Crippen MR) is 82.0 cm³/mol. The number of carbonyl (C=O) groups excluding carboxylic acids is 1. The molecule has 0 bridgehead atoms. The van der Waals surface area contributed by atoms with Crippen molar-refractivity contribution in [3.05, 3.63) is 42.2 Å². The molecule has 1 aromatic carbocycles. The van der Waals surface area contributed by atoms with Crippen molar-refractivity contribution in [1.29, 1.82) is 0 Å². The first kappa shape index (κ1) is 14.7. The highest BCUT2D eigenvalue weighted by molar-refractivity contribution is 5.76. The molecule has 0 unspecified atom stereocenters. The molecular weight excluding hydrogens is 278 g/mol. The topological polar surface area (TPSA) is 63.9 Å². The second kappa shape index (κ2) is 6.68. The average Bonchev–Trinajstić information content (AvgIpc) is 3.21. The van der Waals surface area contributed by atoms with Gasteiger partial charge in [-0.1, -0.05) is 37.3 Å². The van der Waals surface area contributed by atoms with E-state index in [0.717, 1.165) is 25.8 Å². The van der Waals surface area contributed by atoms with Crippen LogP contribution >= 0.6 is 0 Å². The zero-order valence-electron chi connectivity index (χ0n) is 12.8. The van der Waals surface area contributed by atoms with Crippen LogP contribution < -0.4 is 0 Å². The summed E-state index contributed by atoms with van der Waals surface area (Å²) in [6, 6.07) is 10.8. The van der Waals surface area contributed by atoms with E-state index in [4.69, 9.17) is 0 Å². The summed E-state index contributed by atoms with van der Waals surface area (Å²) in [4.78, 5) is 14.6. The van der Waals surface area contributed by atoms with Crippen LogP contribution in [0.2, 0.25) is 0 Å². The van der Waals surface area contributed by atoms with Crippen molar-refractivity contribution in [1.82, 2.24) is 25.1 Å². The lowest BCUT2D eigenvalue weighted by Crippen LogP contribution is -2.41. The molecule has 1 aromatic heterocycles. The number of likely N-dealkylation sites (tertiary alicyclic amines) is 1. The number of tetrazole rings is 1. The van der Waals surface area contributed by atoms with Gasteiger partial charge in [0.15, 0.2) is 0 Å². The van der Waals surface area contributed by atoms with Crippen molar-refractivity contribution in [2.75, 3.05) is 6.54 Å². The number of amides is 1. The van der Waals surface area contributed by atoms with Gasteiger partial charge in [-0.3, -0.25) is 4.79 Å². The smallest absolute Gasteiger partial charge is 0.244 e. The second-order valence-corrected chi connectivity index (χ2v) is 5.73. The van der Waals surface area contributed by atoms with Crippen LogP contribution in [0.4, 0.5) is 0 Å². The van der Waals surface area contributed by atoms with Crippen LogP contribution in [0.1, 0.15) is 37.7 Å². The largest absolute Gasteiger partial charge is 0.337 e. The maximum Gasteiger partial charge on any atom is 0.244 e. The maximum atomic E-state index is 12.6. The molecular formula is C16H21N5O. The highest BCUT2D eigenvalue weighted by Crippen LogP contribution is 2.33. The minimum absolute atomic E-state index is 0.101. The molecule has 116 valence electrons. The highest BCUT2D eigenvalue weighted by atomic mass is 16.2. The van der Waals surface area contributed by atoms with Crippen LogP contribution in [0, 0.1) is 0 Å². The van der Waals surface area contributed by atoms with E-state index in [0.29, 0.717) is 5.92 Å². The average molecular weight is 299 g/mol. The molecule has 1 aliphatic rings.